The zero-order chi connectivity index (χ0) is 23.6. The molecule has 1 aliphatic rings. The van der Waals surface area contributed by atoms with Crippen LogP contribution in [0.25, 0.3) is 11.3 Å². The highest BCUT2D eigenvalue weighted by atomic mass is 19.1. The molecule has 3 heterocycles. The number of ether oxygens (including phenoxy) is 1. The van der Waals surface area contributed by atoms with E-state index < -0.39 is 11.8 Å². The van der Waals surface area contributed by atoms with Gasteiger partial charge < -0.3 is 15.4 Å². The van der Waals surface area contributed by atoms with Crippen LogP contribution in [0.4, 0.5) is 14.9 Å². The van der Waals surface area contributed by atoms with Crippen molar-refractivity contribution in [1.82, 2.24) is 25.0 Å². The summed E-state index contributed by atoms with van der Waals surface area (Å²) >= 11 is 0. The first kappa shape index (κ1) is 22.7. The lowest BCUT2D eigenvalue weighted by Crippen LogP contribution is -2.44. The second kappa shape index (κ2) is 9.19. The van der Waals surface area contributed by atoms with Gasteiger partial charge in [-0.2, -0.15) is 5.10 Å². The summed E-state index contributed by atoms with van der Waals surface area (Å²) in [6.45, 7) is 8.16. The van der Waals surface area contributed by atoms with Gasteiger partial charge in [-0.05, 0) is 45.4 Å². The van der Waals surface area contributed by atoms with Crippen LogP contribution in [0.1, 0.15) is 27.2 Å². The number of carbonyl (C=O) groups excluding carboxylic acids is 1. The van der Waals surface area contributed by atoms with Crippen LogP contribution >= 0.6 is 0 Å². The summed E-state index contributed by atoms with van der Waals surface area (Å²) in [5.41, 5.74) is 1.71. The number of aryl methyl sites for hydroxylation is 1. The van der Waals surface area contributed by atoms with E-state index in [1.165, 1.54) is 12.1 Å². The Labute approximate surface area is 192 Å². The van der Waals surface area contributed by atoms with Gasteiger partial charge in [0.25, 0.3) is 0 Å². The summed E-state index contributed by atoms with van der Waals surface area (Å²) < 4.78 is 22.1. The fourth-order valence-corrected chi connectivity index (χ4v) is 3.81. The maximum absolute atomic E-state index is 14.6. The topological polar surface area (TPSA) is 84.3 Å². The highest BCUT2D eigenvalue weighted by molar-refractivity contribution is 5.89. The van der Waals surface area contributed by atoms with Crippen molar-refractivity contribution in [2.24, 2.45) is 7.05 Å². The zero-order valence-electron chi connectivity index (χ0n) is 19.3. The van der Waals surface area contributed by atoms with E-state index in [9.17, 15) is 9.18 Å². The van der Waals surface area contributed by atoms with Crippen molar-refractivity contribution < 1.29 is 13.9 Å². The molecule has 1 aromatic carbocycles. The van der Waals surface area contributed by atoms with E-state index in [0.29, 0.717) is 17.2 Å². The predicted molar refractivity (Wildman–Crippen MR) is 125 cm³/mol. The molecule has 0 aliphatic carbocycles. The first-order chi connectivity index (χ1) is 15.7. The van der Waals surface area contributed by atoms with Gasteiger partial charge in [-0.15, -0.1) is 0 Å². The van der Waals surface area contributed by atoms with Gasteiger partial charge in [0.05, 0.1) is 17.6 Å². The summed E-state index contributed by atoms with van der Waals surface area (Å²) in [6, 6.07) is 7.42. The molecule has 1 unspecified atom stereocenters. The molecule has 174 valence electrons. The average Bonchev–Trinajstić information content (AvgIpc) is 3.39. The second-order valence-corrected chi connectivity index (χ2v) is 9.22. The number of nitrogens with one attached hydrogen (secondary N) is 2. The SMILES string of the molecule is Cn1cc(-c2cc(Oc3ccc(NC(=O)NC4CCN(C(C)(C)C)C4)c(F)c3)ccn2)cn1. The first-order valence-corrected chi connectivity index (χ1v) is 10.9. The van der Waals surface area contributed by atoms with Crippen LogP contribution < -0.4 is 15.4 Å². The fraction of sp³-hybridized carbons (Fsp3) is 0.375. The Bertz CT molecular complexity index is 1140. The summed E-state index contributed by atoms with van der Waals surface area (Å²) in [5.74, 6) is 0.261. The number of likely N-dealkylation sites (tertiary alicyclic amines) is 1. The molecule has 9 heteroatoms. The monoisotopic (exact) mass is 452 g/mol. The minimum Gasteiger partial charge on any atom is -0.457 e. The first-order valence-electron chi connectivity index (χ1n) is 10.9. The minimum absolute atomic E-state index is 0.0376. The van der Waals surface area contributed by atoms with Crippen LogP contribution in [0.2, 0.25) is 0 Å². The quantitative estimate of drug-likeness (QED) is 0.599. The Morgan fingerprint density at radius 2 is 2.00 bits per heavy atom. The van der Waals surface area contributed by atoms with Crippen molar-refractivity contribution in [3.05, 3.63) is 54.7 Å². The molecule has 4 rings (SSSR count). The van der Waals surface area contributed by atoms with E-state index in [0.717, 1.165) is 25.1 Å². The third kappa shape index (κ3) is 5.67. The Kier molecular flexibility index (Phi) is 6.33. The van der Waals surface area contributed by atoms with Gasteiger partial charge in [0.2, 0.25) is 0 Å². The van der Waals surface area contributed by atoms with Gasteiger partial charge in [0.15, 0.2) is 0 Å². The highest BCUT2D eigenvalue weighted by Crippen LogP contribution is 2.28. The van der Waals surface area contributed by atoms with Crippen molar-refractivity contribution in [1.29, 1.82) is 0 Å². The molecule has 1 saturated heterocycles. The van der Waals surface area contributed by atoms with Crippen molar-refractivity contribution in [2.45, 2.75) is 38.8 Å². The lowest BCUT2D eigenvalue weighted by Gasteiger charge is -2.31. The van der Waals surface area contributed by atoms with Gasteiger partial charge in [-0.25, -0.2) is 9.18 Å². The largest absolute Gasteiger partial charge is 0.457 e. The maximum Gasteiger partial charge on any atom is 0.319 e. The molecule has 1 fully saturated rings. The van der Waals surface area contributed by atoms with E-state index >= 15 is 0 Å². The molecule has 0 saturated carbocycles. The predicted octanol–water partition coefficient (Wildman–Crippen LogP) is 4.41. The lowest BCUT2D eigenvalue weighted by molar-refractivity contribution is 0.171. The van der Waals surface area contributed by atoms with Crippen molar-refractivity contribution >= 4 is 11.7 Å². The van der Waals surface area contributed by atoms with Gasteiger partial charge in [-0.1, -0.05) is 0 Å². The van der Waals surface area contributed by atoms with Crippen LogP contribution in [0.5, 0.6) is 11.5 Å². The fourth-order valence-electron chi connectivity index (χ4n) is 3.81. The van der Waals surface area contributed by atoms with Crippen molar-refractivity contribution in [3.8, 4) is 22.8 Å². The second-order valence-electron chi connectivity index (χ2n) is 9.22. The number of benzene rings is 1. The number of urea groups is 1. The average molecular weight is 453 g/mol. The van der Waals surface area contributed by atoms with Crippen LogP contribution in [-0.2, 0) is 7.05 Å². The number of anilines is 1. The van der Waals surface area contributed by atoms with Crippen molar-refractivity contribution in [3.63, 3.8) is 0 Å². The number of rotatable bonds is 5. The summed E-state index contributed by atoms with van der Waals surface area (Å²) in [6.07, 6.45) is 6.05. The molecule has 2 aromatic heterocycles. The number of amides is 2. The molecule has 2 amide bonds. The maximum atomic E-state index is 14.6. The Morgan fingerprint density at radius 1 is 1.21 bits per heavy atom. The number of halogens is 1. The molecule has 1 aliphatic heterocycles. The van der Waals surface area contributed by atoms with E-state index in [1.807, 2.05) is 13.2 Å². The number of carbonyl (C=O) groups is 1. The molecule has 3 aromatic rings. The third-order valence-corrected chi connectivity index (χ3v) is 5.63. The van der Waals surface area contributed by atoms with Gasteiger partial charge in [0.1, 0.15) is 17.3 Å². The molecule has 0 bridgehead atoms. The molecule has 0 radical (unpaired) electrons. The molecular formula is C24H29FN6O2. The normalized spacial score (nSPS) is 16.6. The zero-order valence-corrected chi connectivity index (χ0v) is 19.3. The van der Waals surface area contributed by atoms with Crippen LogP contribution in [-0.4, -0.2) is 50.4 Å². The van der Waals surface area contributed by atoms with Gasteiger partial charge in [-0.3, -0.25) is 14.6 Å². The van der Waals surface area contributed by atoms with E-state index in [2.05, 4.69) is 46.4 Å². The number of hydrogen-bond donors (Lipinski definition) is 2. The van der Waals surface area contributed by atoms with E-state index in [4.69, 9.17) is 4.74 Å². The summed E-state index contributed by atoms with van der Waals surface area (Å²) in [4.78, 5) is 19.0. The molecule has 33 heavy (non-hydrogen) atoms. The summed E-state index contributed by atoms with van der Waals surface area (Å²) in [7, 11) is 1.83. The lowest BCUT2D eigenvalue weighted by atomic mass is 10.1. The highest BCUT2D eigenvalue weighted by Gasteiger charge is 2.30. The van der Waals surface area contributed by atoms with Gasteiger partial charge in [0, 0.05) is 61.8 Å². The number of aromatic nitrogens is 3. The van der Waals surface area contributed by atoms with E-state index in [1.54, 1.807) is 35.3 Å². The van der Waals surface area contributed by atoms with Crippen molar-refractivity contribution in [2.75, 3.05) is 18.4 Å². The smallest absolute Gasteiger partial charge is 0.319 e. The molecule has 8 nitrogen and oxygen atoms in total. The van der Waals surface area contributed by atoms with Gasteiger partial charge >= 0.3 is 6.03 Å². The molecule has 0 spiro atoms. The van der Waals surface area contributed by atoms with Crippen LogP contribution in [0.3, 0.4) is 0 Å². The Balaban J connectivity index is 1.36. The Morgan fingerprint density at radius 3 is 2.67 bits per heavy atom. The minimum atomic E-state index is -0.577. The molecular weight excluding hydrogens is 423 g/mol. The molecule has 2 N–H and O–H groups in total. The van der Waals surface area contributed by atoms with E-state index in [-0.39, 0.29) is 17.3 Å². The number of pyridine rings is 1. The number of nitrogens with zero attached hydrogens (tertiary/aromatic N) is 4. The third-order valence-electron chi connectivity index (χ3n) is 5.63. The van der Waals surface area contributed by atoms with Crippen LogP contribution in [0.15, 0.2) is 48.9 Å². The van der Waals surface area contributed by atoms with Crippen LogP contribution in [0, 0.1) is 5.82 Å². The molecule has 1 atom stereocenters. The summed E-state index contributed by atoms with van der Waals surface area (Å²) in [5, 5.41) is 9.67. The standard InChI is InChI=1S/C24H29FN6O2/c1-24(2,3)31-10-8-17(15-31)28-23(32)29-21-6-5-18(11-20(21)25)33-19-7-9-26-22(12-19)16-13-27-30(4)14-16/h5-7,9,11-14,17H,8,10,15H2,1-4H3,(H2,28,29,32). The Hall–Kier alpha value is -3.46. The number of hydrogen-bond acceptors (Lipinski definition) is 5.